The summed E-state index contributed by atoms with van der Waals surface area (Å²) in [7, 11) is 0. The number of nitrogens with zero attached hydrogens (tertiary/aromatic N) is 3. The Kier molecular flexibility index (Phi) is 12.2. The first kappa shape index (κ1) is 27.6. The molecule has 2 heterocycles. The predicted octanol–water partition coefficient (Wildman–Crippen LogP) is 3.26. The number of pyridine rings is 2. The van der Waals surface area contributed by atoms with E-state index in [-0.39, 0.29) is 5.78 Å². The van der Waals surface area contributed by atoms with Crippen LogP contribution in [0.25, 0.3) is 0 Å². The van der Waals surface area contributed by atoms with Crippen LogP contribution in [-0.2, 0) is 45.0 Å². The van der Waals surface area contributed by atoms with E-state index in [2.05, 4.69) is 19.6 Å². The molecule has 0 bridgehead atoms. The first-order valence-corrected chi connectivity index (χ1v) is 12.8. The Hall–Kier alpha value is -3.02. The van der Waals surface area contributed by atoms with E-state index < -0.39 is 11.3 Å². The summed E-state index contributed by atoms with van der Waals surface area (Å²) < 4.78 is 33.2. The molecule has 3 rings (SSSR count). The molecule has 9 nitrogen and oxygen atoms in total. The zero-order valence-corrected chi connectivity index (χ0v) is 20.9. The van der Waals surface area contributed by atoms with Crippen LogP contribution in [-0.4, -0.2) is 62.4 Å². The van der Waals surface area contributed by atoms with Crippen molar-refractivity contribution in [3.8, 4) is 0 Å². The maximum atomic E-state index is 12.2. The van der Waals surface area contributed by atoms with E-state index in [1.54, 1.807) is 36.7 Å². The molecule has 1 aromatic carbocycles. The second-order valence-corrected chi connectivity index (χ2v) is 8.79. The molecule has 0 aliphatic heterocycles. The number of carbonyl (C=O) groups excluding carboxylic acids is 1. The monoisotopic (exact) mass is 512 g/mol. The predicted molar refractivity (Wildman–Crippen MR) is 138 cm³/mol. The second kappa shape index (κ2) is 15.9. The molecule has 192 valence electrons. The van der Waals surface area contributed by atoms with Gasteiger partial charge in [-0.2, -0.15) is 0 Å². The number of nitrogens with one attached hydrogen (secondary N) is 1. The van der Waals surface area contributed by atoms with Gasteiger partial charge in [-0.25, -0.2) is 4.21 Å². The van der Waals surface area contributed by atoms with Crippen molar-refractivity contribution < 1.29 is 23.0 Å². The fraction of sp³-hybridized carbons (Fsp3) is 0.346. The Morgan fingerprint density at radius 3 is 2.03 bits per heavy atom. The van der Waals surface area contributed by atoms with Crippen molar-refractivity contribution in [3.63, 3.8) is 0 Å². The van der Waals surface area contributed by atoms with Gasteiger partial charge in [-0.1, -0.05) is 24.3 Å². The third kappa shape index (κ3) is 11.1. The van der Waals surface area contributed by atoms with Crippen LogP contribution in [0.1, 0.15) is 23.4 Å². The molecule has 0 radical (unpaired) electrons. The maximum Gasteiger partial charge on any atom is 0.259 e. The lowest BCUT2D eigenvalue weighted by atomic mass is 10.1. The molecule has 10 heteroatoms. The number of ketones is 1. The number of hydrogen-bond acceptors (Lipinski definition) is 7. The number of Topliss-reactive ketones (excluding diaryl/α,β-unsaturated/α-hetero) is 1. The van der Waals surface area contributed by atoms with Gasteiger partial charge in [0, 0.05) is 50.6 Å². The summed E-state index contributed by atoms with van der Waals surface area (Å²) in [5.41, 5.74) is 3.36. The SMILES string of the molecule is O=C(CCOCCOCCN(Cc1ccccn1)Cc1ccccn1)Cc1ccc(NS(=O)O)cc1. The van der Waals surface area contributed by atoms with Crippen LogP contribution in [0.15, 0.2) is 73.1 Å². The van der Waals surface area contributed by atoms with Crippen LogP contribution in [0.4, 0.5) is 5.69 Å². The highest BCUT2D eigenvalue weighted by atomic mass is 32.2. The van der Waals surface area contributed by atoms with Gasteiger partial charge in [-0.3, -0.25) is 28.9 Å². The van der Waals surface area contributed by atoms with Gasteiger partial charge >= 0.3 is 0 Å². The van der Waals surface area contributed by atoms with Gasteiger partial charge in [0.15, 0.2) is 0 Å². The maximum absolute atomic E-state index is 12.2. The standard InChI is InChI=1S/C26H32N4O5S/c31-26(19-22-7-9-23(10-8-22)29-36(32)33)11-15-34-17-18-35-16-14-30(20-24-5-1-3-12-27-24)21-25-6-2-4-13-28-25/h1-10,12-13,29H,11,14-21H2,(H,32,33). The minimum Gasteiger partial charge on any atom is -0.379 e. The topological polar surface area (TPSA) is 114 Å². The van der Waals surface area contributed by atoms with Gasteiger partial charge in [0.05, 0.1) is 37.8 Å². The Labute approximate surface area is 214 Å². The average molecular weight is 513 g/mol. The smallest absolute Gasteiger partial charge is 0.259 e. The number of ether oxygens (including phenoxy) is 2. The Morgan fingerprint density at radius 2 is 1.47 bits per heavy atom. The molecule has 0 saturated carbocycles. The quantitative estimate of drug-likeness (QED) is 0.209. The molecule has 0 fully saturated rings. The van der Waals surface area contributed by atoms with Crippen molar-refractivity contribution in [1.29, 1.82) is 0 Å². The van der Waals surface area contributed by atoms with Gasteiger partial charge in [-0.05, 0) is 42.0 Å². The van der Waals surface area contributed by atoms with Crippen molar-refractivity contribution in [1.82, 2.24) is 14.9 Å². The number of aromatic nitrogens is 2. The molecular formula is C26H32N4O5S. The molecule has 1 atom stereocenters. The molecule has 2 N–H and O–H groups in total. The molecule has 0 saturated heterocycles. The largest absolute Gasteiger partial charge is 0.379 e. The van der Waals surface area contributed by atoms with E-state index in [0.717, 1.165) is 23.5 Å². The highest BCUT2D eigenvalue weighted by molar-refractivity contribution is 7.80. The normalized spacial score (nSPS) is 11.9. The number of hydrogen-bond donors (Lipinski definition) is 2. The molecule has 0 aliphatic rings. The highest BCUT2D eigenvalue weighted by Gasteiger charge is 2.09. The Balaban J connectivity index is 1.28. The summed E-state index contributed by atoms with van der Waals surface area (Å²) in [5, 5.41) is 0. The van der Waals surface area contributed by atoms with E-state index in [4.69, 9.17) is 14.0 Å². The number of anilines is 1. The molecule has 36 heavy (non-hydrogen) atoms. The zero-order valence-electron chi connectivity index (χ0n) is 20.1. The van der Waals surface area contributed by atoms with E-state index in [0.29, 0.717) is 58.0 Å². The third-order valence-electron chi connectivity index (χ3n) is 5.23. The molecule has 3 aromatic rings. The first-order valence-electron chi connectivity index (χ1n) is 11.7. The van der Waals surface area contributed by atoms with Crippen molar-refractivity contribution in [2.75, 3.05) is 37.7 Å². The highest BCUT2D eigenvalue weighted by Crippen LogP contribution is 2.11. The molecule has 2 aromatic heterocycles. The summed E-state index contributed by atoms with van der Waals surface area (Å²) in [6.45, 7) is 3.92. The Morgan fingerprint density at radius 1 is 0.861 bits per heavy atom. The number of carbonyl (C=O) groups is 1. The van der Waals surface area contributed by atoms with Crippen LogP contribution >= 0.6 is 0 Å². The van der Waals surface area contributed by atoms with Gasteiger partial charge in [-0.15, -0.1) is 0 Å². The number of benzene rings is 1. The summed E-state index contributed by atoms with van der Waals surface area (Å²) in [5.74, 6) is 0.0713. The van der Waals surface area contributed by atoms with Crippen molar-refractivity contribution in [3.05, 3.63) is 90.0 Å². The molecule has 0 aliphatic carbocycles. The van der Waals surface area contributed by atoms with Crippen LogP contribution < -0.4 is 4.72 Å². The van der Waals surface area contributed by atoms with Gasteiger partial charge < -0.3 is 9.47 Å². The summed E-state index contributed by atoms with van der Waals surface area (Å²) in [4.78, 5) is 23.2. The van der Waals surface area contributed by atoms with Crippen LogP contribution in [0.2, 0.25) is 0 Å². The minimum atomic E-state index is -2.11. The van der Waals surface area contributed by atoms with Crippen LogP contribution in [0.3, 0.4) is 0 Å². The van der Waals surface area contributed by atoms with E-state index in [1.807, 2.05) is 36.4 Å². The third-order valence-corrected chi connectivity index (χ3v) is 5.64. The average Bonchev–Trinajstić information content (AvgIpc) is 2.87. The zero-order chi connectivity index (χ0) is 25.4. The summed E-state index contributed by atoms with van der Waals surface area (Å²) in [6, 6.07) is 18.6. The van der Waals surface area contributed by atoms with E-state index in [9.17, 15) is 9.00 Å². The first-order chi connectivity index (χ1) is 17.6. The van der Waals surface area contributed by atoms with Gasteiger partial charge in [0.25, 0.3) is 11.3 Å². The van der Waals surface area contributed by atoms with E-state index >= 15 is 0 Å². The lowest BCUT2D eigenvalue weighted by Gasteiger charge is -2.21. The molecule has 1 unspecified atom stereocenters. The van der Waals surface area contributed by atoms with Crippen molar-refractivity contribution >= 4 is 22.7 Å². The molecule has 0 spiro atoms. The summed E-state index contributed by atoms with van der Waals surface area (Å²) >= 11 is -2.11. The molecular weight excluding hydrogens is 480 g/mol. The van der Waals surface area contributed by atoms with Gasteiger partial charge in [0.1, 0.15) is 5.78 Å². The van der Waals surface area contributed by atoms with Crippen molar-refractivity contribution in [2.45, 2.75) is 25.9 Å². The summed E-state index contributed by atoms with van der Waals surface area (Å²) in [6.07, 6.45) is 4.21. The fourth-order valence-electron chi connectivity index (χ4n) is 3.46. The van der Waals surface area contributed by atoms with Gasteiger partial charge in [0.2, 0.25) is 0 Å². The Bertz CT molecular complexity index is 1010. The minimum absolute atomic E-state index is 0.0713. The lowest BCUT2D eigenvalue weighted by molar-refractivity contribution is -0.119. The van der Waals surface area contributed by atoms with E-state index in [1.165, 1.54) is 0 Å². The van der Waals surface area contributed by atoms with Crippen molar-refractivity contribution in [2.24, 2.45) is 0 Å². The second-order valence-electron chi connectivity index (χ2n) is 8.09. The van der Waals surface area contributed by atoms with Crippen LogP contribution in [0.5, 0.6) is 0 Å². The lowest BCUT2D eigenvalue weighted by Crippen LogP contribution is -2.28. The molecule has 0 amide bonds. The fourth-order valence-corrected chi connectivity index (χ4v) is 3.80. The number of rotatable bonds is 17. The van der Waals surface area contributed by atoms with Crippen LogP contribution in [0, 0.1) is 0 Å².